The third kappa shape index (κ3) is 3.85. The molecule has 2 aliphatic rings. The maximum Gasteiger partial charge on any atom is 0.317 e. The summed E-state index contributed by atoms with van der Waals surface area (Å²) in [6.07, 6.45) is 2.78. The fourth-order valence-electron chi connectivity index (χ4n) is 3.11. The van der Waals surface area contributed by atoms with Crippen LogP contribution in [0.3, 0.4) is 0 Å². The zero-order valence-electron chi connectivity index (χ0n) is 13.3. The van der Waals surface area contributed by atoms with Crippen LogP contribution in [-0.4, -0.2) is 66.3 Å². The Morgan fingerprint density at radius 2 is 1.75 bits per heavy atom. The van der Waals surface area contributed by atoms with Crippen LogP contribution in [0.2, 0.25) is 0 Å². The lowest BCUT2D eigenvalue weighted by molar-refractivity contribution is -0.0948. The average Bonchev–Trinajstić information content (AvgIpc) is 2.88. The van der Waals surface area contributed by atoms with Gasteiger partial charge in [-0.3, -0.25) is 4.90 Å². The third-order valence-electron chi connectivity index (χ3n) is 4.34. The molecule has 1 N–H and O–H groups in total. The minimum Gasteiger partial charge on any atom is -0.373 e. The van der Waals surface area contributed by atoms with Crippen LogP contribution < -0.4 is 5.32 Å². The molecule has 2 heterocycles. The number of morpholine rings is 1. The van der Waals surface area contributed by atoms with Crippen molar-refractivity contribution >= 4 is 6.03 Å². The monoisotopic (exact) mass is 283 g/mol. The summed E-state index contributed by atoms with van der Waals surface area (Å²) in [5, 5.41) is 3.10. The number of nitrogens with zero attached hydrogens (tertiary/aromatic N) is 2. The molecule has 5 heteroatoms. The van der Waals surface area contributed by atoms with E-state index in [0.717, 1.165) is 39.0 Å². The topological polar surface area (TPSA) is 44.8 Å². The Morgan fingerprint density at radius 1 is 1.20 bits per heavy atom. The first kappa shape index (κ1) is 15.6. The number of hydrogen-bond acceptors (Lipinski definition) is 3. The summed E-state index contributed by atoms with van der Waals surface area (Å²) >= 11 is 0. The minimum atomic E-state index is -0.0400. The van der Waals surface area contributed by atoms with E-state index in [0.29, 0.717) is 6.54 Å². The first-order chi connectivity index (χ1) is 9.38. The maximum absolute atomic E-state index is 12.1. The lowest BCUT2D eigenvalue weighted by Gasteiger charge is -2.45. The Morgan fingerprint density at radius 3 is 2.30 bits per heavy atom. The molecule has 20 heavy (non-hydrogen) atoms. The summed E-state index contributed by atoms with van der Waals surface area (Å²) in [6, 6.07) is 0.0879. The number of nitrogens with one attached hydrogen (secondary N) is 1. The van der Waals surface area contributed by atoms with E-state index >= 15 is 0 Å². The summed E-state index contributed by atoms with van der Waals surface area (Å²) in [7, 11) is 0. The maximum atomic E-state index is 12.1. The number of hydrogen-bond donors (Lipinski definition) is 1. The second-order valence-electron chi connectivity index (χ2n) is 6.83. The Hall–Kier alpha value is -0.810. The zero-order chi connectivity index (χ0) is 14.8. The van der Waals surface area contributed by atoms with E-state index in [1.165, 1.54) is 0 Å². The Labute approximate surface area is 122 Å². The number of amides is 2. The van der Waals surface area contributed by atoms with E-state index in [1.807, 2.05) is 4.90 Å². The van der Waals surface area contributed by atoms with E-state index in [-0.39, 0.29) is 23.8 Å². The molecular formula is C15H29N3O2. The van der Waals surface area contributed by atoms with E-state index < -0.39 is 0 Å². The highest BCUT2D eigenvalue weighted by atomic mass is 16.5. The lowest BCUT2D eigenvalue weighted by atomic mass is 10.00. The molecule has 0 aromatic rings. The molecule has 2 rings (SSSR count). The van der Waals surface area contributed by atoms with Crippen LogP contribution in [-0.2, 0) is 4.74 Å². The van der Waals surface area contributed by atoms with Gasteiger partial charge in [0.05, 0.1) is 12.2 Å². The quantitative estimate of drug-likeness (QED) is 0.857. The predicted octanol–water partition coefficient (Wildman–Crippen LogP) is 1.68. The van der Waals surface area contributed by atoms with Gasteiger partial charge in [-0.15, -0.1) is 0 Å². The Kier molecular flexibility index (Phi) is 4.91. The number of ether oxygens (including phenoxy) is 1. The number of urea groups is 1. The van der Waals surface area contributed by atoms with E-state index in [1.54, 1.807) is 0 Å². The van der Waals surface area contributed by atoms with Crippen molar-refractivity contribution in [2.45, 2.75) is 58.3 Å². The molecule has 0 aromatic carbocycles. The number of carbonyl (C=O) groups excluding carboxylic acids is 1. The smallest absolute Gasteiger partial charge is 0.317 e. The molecular weight excluding hydrogens is 254 g/mol. The van der Waals surface area contributed by atoms with Crippen LogP contribution >= 0.6 is 0 Å². The Balaban J connectivity index is 1.84. The average molecular weight is 283 g/mol. The van der Waals surface area contributed by atoms with Crippen molar-refractivity contribution in [3.63, 3.8) is 0 Å². The molecule has 0 spiro atoms. The van der Waals surface area contributed by atoms with Crippen molar-refractivity contribution in [2.75, 3.05) is 32.7 Å². The highest BCUT2D eigenvalue weighted by Gasteiger charge is 2.33. The zero-order valence-corrected chi connectivity index (χ0v) is 13.3. The molecule has 5 nitrogen and oxygen atoms in total. The summed E-state index contributed by atoms with van der Waals surface area (Å²) in [5.74, 6) is 0. The van der Waals surface area contributed by atoms with Crippen LogP contribution in [0.25, 0.3) is 0 Å². The molecule has 2 saturated heterocycles. The second-order valence-corrected chi connectivity index (χ2v) is 6.83. The van der Waals surface area contributed by atoms with Crippen molar-refractivity contribution in [1.82, 2.24) is 15.1 Å². The SMILES string of the molecule is CC1CN(C(C)(C)CNC(=O)N2CCCC2)CC(C)O1. The van der Waals surface area contributed by atoms with Gasteiger partial charge in [0.2, 0.25) is 0 Å². The van der Waals surface area contributed by atoms with Gasteiger partial charge in [0, 0.05) is 38.3 Å². The van der Waals surface area contributed by atoms with Gasteiger partial charge >= 0.3 is 6.03 Å². The molecule has 0 aliphatic carbocycles. The minimum absolute atomic E-state index is 0.0400. The fourth-order valence-corrected chi connectivity index (χ4v) is 3.11. The van der Waals surface area contributed by atoms with Gasteiger partial charge in [-0.1, -0.05) is 0 Å². The highest BCUT2D eigenvalue weighted by Crippen LogP contribution is 2.20. The van der Waals surface area contributed by atoms with Crippen molar-refractivity contribution < 1.29 is 9.53 Å². The molecule has 2 atom stereocenters. The number of likely N-dealkylation sites (tertiary alicyclic amines) is 1. The summed E-state index contributed by atoms with van der Waals surface area (Å²) < 4.78 is 5.78. The van der Waals surface area contributed by atoms with Gasteiger partial charge in [-0.2, -0.15) is 0 Å². The van der Waals surface area contributed by atoms with Crippen molar-refractivity contribution in [2.24, 2.45) is 0 Å². The Bertz CT molecular complexity index is 330. The van der Waals surface area contributed by atoms with Crippen LogP contribution in [0, 0.1) is 0 Å². The summed E-state index contributed by atoms with van der Waals surface area (Å²) in [4.78, 5) is 16.4. The summed E-state index contributed by atoms with van der Waals surface area (Å²) in [5.41, 5.74) is -0.0400. The highest BCUT2D eigenvalue weighted by molar-refractivity contribution is 5.74. The second kappa shape index (κ2) is 6.31. The molecule has 0 aromatic heterocycles. The summed E-state index contributed by atoms with van der Waals surface area (Å²) in [6.45, 7) is 13.0. The van der Waals surface area contributed by atoms with Crippen LogP contribution in [0.4, 0.5) is 4.79 Å². The van der Waals surface area contributed by atoms with Gasteiger partial charge in [0.1, 0.15) is 0 Å². The van der Waals surface area contributed by atoms with Crippen molar-refractivity contribution in [3.05, 3.63) is 0 Å². The van der Waals surface area contributed by atoms with Gasteiger partial charge in [0.25, 0.3) is 0 Å². The van der Waals surface area contributed by atoms with Crippen molar-refractivity contribution in [3.8, 4) is 0 Å². The number of carbonyl (C=O) groups is 1. The van der Waals surface area contributed by atoms with Gasteiger partial charge in [-0.25, -0.2) is 4.79 Å². The molecule has 0 saturated carbocycles. The first-order valence-electron chi connectivity index (χ1n) is 7.82. The molecule has 0 radical (unpaired) electrons. The molecule has 2 aliphatic heterocycles. The van der Waals surface area contributed by atoms with Gasteiger partial charge in [0.15, 0.2) is 0 Å². The molecule has 0 bridgehead atoms. The van der Waals surface area contributed by atoms with Crippen LogP contribution in [0.1, 0.15) is 40.5 Å². The largest absolute Gasteiger partial charge is 0.373 e. The first-order valence-corrected chi connectivity index (χ1v) is 7.82. The van der Waals surface area contributed by atoms with E-state index in [2.05, 4.69) is 37.9 Å². The van der Waals surface area contributed by atoms with E-state index in [9.17, 15) is 4.79 Å². The predicted molar refractivity (Wildman–Crippen MR) is 79.9 cm³/mol. The van der Waals surface area contributed by atoms with Gasteiger partial charge < -0.3 is 15.0 Å². The molecule has 2 fully saturated rings. The standard InChI is InChI=1S/C15H29N3O2/c1-12-9-18(10-13(2)20-12)15(3,4)11-16-14(19)17-7-5-6-8-17/h12-13H,5-11H2,1-4H3,(H,16,19). The van der Waals surface area contributed by atoms with Crippen molar-refractivity contribution in [1.29, 1.82) is 0 Å². The van der Waals surface area contributed by atoms with Crippen LogP contribution in [0.5, 0.6) is 0 Å². The van der Waals surface area contributed by atoms with E-state index in [4.69, 9.17) is 4.74 Å². The molecule has 2 amide bonds. The lowest BCUT2D eigenvalue weighted by Crippen LogP contribution is -2.59. The molecule has 2 unspecified atom stereocenters. The normalized spacial score (nSPS) is 28.7. The number of rotatable bonds is 3. The van der Waals surface area contributed by atoms with Crippen LogP contribution in [0.15, 0.2) is 0 Å². The van der Waals surface area contributed by atoms with Gasteiger partial charge in [-0.05, 0) is 40.5 Å². The fraction of sp³-hybridized carbons (Fsp3) is 0.933. The third-order valence-corrected chi connectivity index (χ3v) is 4.34. The molecule has 116 valence electrons.